The third kappa shape index (κ3) is 0.773. The van der Waals surface area contributed by atoms with Crippen LogP contribution in [-0.2, 0) is 4.79 Å². The van der Waals surface area contributed by atoms with E-state index in [1.54, 1.807) is 0 Å². The van der Waals surface area contributed by atoms with Crippen molar-refractivity contribution in [3.05, 3.63) is 6.42 Å². The van der Waals surface area contributed by atoms with Gasteiger partial charge in [0.15, 0.2) is 0 Å². The second-order valence-corrected chi connectivity index (χ2v) is 5.22. The molecule has 13 heavy (non-hydrogen) atoms. The zero-order valence-corrected chi connectivity index (χ0v) is 8.63. The molecule has 0 aromatic heterocycles. The molecule has 1 radical (unpaired) electrons. The Balaban J connectivity index is 2.39. The smallest absolute Gasteiger partial charge is 0.224 e. The lowest BCUT2D eigenvalue weighted by Gasteiger charge is -2.66. The average Bonchev–Trinajstić information content (AvgIpc) is 2.02. The molecule has 3 saturated carbocycles. The maximum absolute atomic E-state index is 11.5. The molecule has 0 heterocycles. The van der Waals surface area contributed by atoms with Crippen LogP contribution in [-0.4, -0.2) is 5.91 Å². The van der Waals surface area contributed by atoms with Crippen molar-refractivity contribution in [2.24, 2.45) is 28.4 Å². The lowest BCUT2D eigenvalue weighted by molar-refractivity contribution is -0.186. The predicted octanol–water partition coefficient (Wildman–Crippen LogP) is 1.75. The van der Waals surface area contributed by atoms with Crippen molar-refractivity contribution in [1.82, 2.24) is 0 Å². The van der Waals surface area contributed by atoms with Gasteiger partial charge >= 0.3 is 0 Å². The van der Waals surface area contributed by atoms with E-state index in [0.717, 1.165) is 12.8 Å². The Morgan fingerprint density at radius 2 is 2.15 bits per heavy atom. The van der Waals surface area contributed by atoms with E-state index >= 15 is 0 Å². The summed E-state index contributed by atoms with van der Waals surface area (Å²) in [7, 11) is 0. The summed E-state index contributed by atoms with van der Waals surface area (Å²) >= 11 is 0. The van der Waals surface area contributed by atoms with Gasteiger partial charge < -0.3 is 5.73 Å². The van der Waals surface area contributed by atoms with Gasteiger partial charge in [-0.3, -0.25) is 4.79 Å². The summed E-state index contributed by atoms with van der Waals surface area (Å²) in [6.07, 6.45) is 4.43. The summed E-state index contributed by atoms with van der Waals surface area (Å²) in [5, 5.41) is 0. The van der Waals surface area contributed by atoms with Crippen LogP contribution in [0.1, 0.15) is 33.6 Å². The van der Waals surface area contributed by atoms with Crippen LogP contribution in [0.5, 0.6) is 0 Å². The van der Waals surface area contributed by atoms with Crippen LogP contribution < -0.4 is 5.73 Å². The number of fused-ring (bicyclic) bond motifs is 2. The number of carbonyl (C=O) groups excluding carboxylic acids is 1. The van der Waals surface area contributed by atoms with Gasteiger partial charge in [-0.05, 0) is 36.5 Å². The summed E-state index contributed by atoms with van der Waals surface area (Å²) in [6.45, 7) is 6.51. The van der Waals surface area contributed by atoms with Crippen molar-refractivity contribution in [2.45, 2.75) is 33.6 Å². The van der Waals surface area contributed by atoms with Crippen LogP contribution >= 0.6 is 0 Å². The molecule has 2 bridgehead atoms. The van der Waals surface area contributed by atoms with Crippen molar-refractivity contribution in [1.29, 1.82) is 0 Å². The Morgan fingerprint density at radius 1 is 1.54 bits per heavy atom. The predicted molar refractivity (Wildman–Crippen MR) is 51.6 cm³/mol. The highest BCUT2D eigenvalue weighted by Crippen LogP contribution is 2.69. The highest BCUT2D eigenvalue weighted by atomic mass is 16.1. The topological polar surface area (TPSA) is 43.1 Å². The van der Waals surface area contributed by atoms with E-state index in [1.807, 2.05) is 0 Å². The van der Waals surface area contributed by atoms with Gasteiger partial charge in [0.25, 0.3) is 0 Å². The summed E-state index contributed by atoms with van der Waals surface area (Å²) in [5.41, 5.74) is 5.42. The summed E-state index contributed by atoms with van der Waals surface area (Å²) in [4.78, 5) is 11.5. The minimum atomic E-state index is -0.240. The molecule has 2 nitrogen and oxygen atoms in total. The van der Waals surface area contributed by atoms with Crippen LogP contribution in [0.3, 0.4) is 0 Å². The van der Waals surface area contributed by atoms with E-state index in [-0.39, 0.29) is 16.7 Å². The summed E-state index contributed by atoms with van der Waals surface area (Å²) in [6, 6.07) is 0. The summed E-state index contributed by atoms with van der Waals surface area (Å²) < 4.78 is 0. The van der Waals surface area contributed by atoms with Gasteiger partial charge in [0.05, 0.1) is 5.41 Å². The molecule has 0 aromatic carbocycles. The molecule has 3 aliphatic rings. The van der Waals surface area contributed by atoms with Crippen molar-refractivity contribution in [3.63, 3.8) is 0 Å². The van der Waals surface area contributed by atoms with Gasteiger partial charge in [0, 0.05) is 0 Å². The van der Waals surface area contributed by atoms with Gasteiger partial charge in [0.1, 0.15) is 0 Å². The maximum Gasteiger partial charge on any atom is 0.224 e. The molecule has 2 N–H and O–H groups in total. The van der Waals surface area contributed by atoms with Crippen molar-refractivity contribution < 1.29 is 4.79 Å². The number of hydrogen-bond donors (Lipinski definition) is 1. The molecule has 3 atom stereocenters. The highest BCUT2D eigenvalue weighted by molar-refractivity contribution is 5.84. The zero-order valence-electron chi connectivity index (χ0n) is 8.63. The van der Waals surface area contributed by atoms with E-state index in [1.165, 1.54) is 0 Å². The van der Waals surface area contributed by atoms with E-state index in [4.69, 9.17) is 5.73 Å². The zero-order chi connectivity index (χ0) is 9.85. The molecule has 1 amide bonds. The normalized spacial score (nSPS) is 46.7. The minimum absolute atomic E-state index is 0.0998. The fourth-order valence-corrected chi connectivity index (χ4v) is 3.50. The minimum Gasteiger partial charge on any atom is -0.369 e. The maximum atomic E-state index is 11.5. The molecule has 2 heteroatoms. The fraction of sp³-hybridized carbons (Fsp3) is 0.818. The Morgan fingerprint density at radius 3 is 2.46 bits per heavy atom. The van der Waals surface area contributed by atoms with E-state index in [0.29, 0.717) is 11.8 Å². The highest BCUT2D eigenvalue weighted by Gasteiger charge is 2.67. The first-order chi connectivity index (χ1) is 5.93. The number of rotatable bonds is 1. The quantitative estimate of drug-likeness (QED) is 0.656. The lowest BCUT2D eigenvalue weighted by Crippen LogP contribution is -2.67. The fourth-order valence-electron chi connectivity index (χ4n) is 3.50. The average molecular weight is 180 g/mol. The van der Waals surface area contributed by atoms with E-state index < -0.39 is 0 Å². The van der Waals surface area contributed by atoms with Crippen LogP contribution in [0.4, 0.5) is 0 Å². The van der Waals surface area contributed by atoms with Gasteiger partial charge in [-0.25, -0.2) is 0 Å². The molecule has 0 saturated heterocycles. The first-order valence-electron chi connectivity index (χ1n) is 5.06. The van der Waals surface area contributed by atoms with Crippen molar-refractivity contribution in [3.8, 4) is 0 Å². The van der Waals surface area contributed by atoms with Gasteiger partial charge in [-0.15, -0.1) is 0 Å². The monoisotopic (exact) mass is 180 g/mol. The molecular formula is C11H18NO. The van der Waals surface area contributed by atoms with E-state index in [2.05, 4.69) is 27.2 Å². The second-order valence-electron chi connectivity index (χ2n) is 5.22. The third-order valence-corrected chi connectivity index (χ3v) is 4.73. The largest absolute Gasteiger partial charge is 0.369 e. The molecular weight excluding hydrogens is 162 g/mol. The molecule has 0 aliphatic heterocycles. The van der Waals surface area contributed by atoms with Crippen LogP contribution in [0.15, 0.2) is 0 Å². The first-order valence-corrected chi connectivity index (χ1v) is 5.06. The van der Waals surface area contributed by atoms with Gasteiger partial charge in [-0.1, -0.05) is 20.8 Å². The van der Waals surface area contributed by atoms with Crippen molar-refractivity contribution in [2.75, 3.05) is 0 Å². The van der Waals surface area contributed by atoms with Crippen molar-refractivity contribution >= 4 is 5.91 Å². The SMILES string of the molecule is C[C@@H]1[CH]C[C@@H]2C[C@]1(C(N)=O)C2(C)C. The van der Waals surface area contributed by atoms with E-state index in [9.17, 15) is 4.79 Å². The Labute approximate surface area is 79.9 Å². The van der Waals surface area contributed by atoms with Gasteiger partial charge in [0.2, 0.25) is 5.91 Å². The Bertz CT molecular complexity index is 259. The number of carbonyl (C=O) groups is 1. The molecule has 3 rings (SSSR count). The number of primary amides is 1. The first kappa shape index (κ1) is 9.04. The number of amides is 1. The Hall–Kier alpha value is -0.530. The molecule has 73 valence electrons. The molecule has 0 aromatic rings. The molecule has 0 spiro atoms. The van der Waals surface area contributed by atoms with Crippen LogP contribution in [0.2, 0.25) is 0 Å². The summed E-state index contributed by atoms with van der Waals surface area (Å²) in [5.74, 6) is 0.929. The molecule has 0 unspecified atom stereocenters. The standard InChI is InChI=1S/C11H18NO/c1-7-4-5-8-6-11(7,9(12)13)10(8,2)3/h4,7-8H,5-6H2,1-3H3,(H2,12,13)/t7-,8-,11+/m1/s1. The van der Waals surface area contributed by atoms with Gasteiger partial charge in [-0.2, -0.15) is 0 Å². The third-order valence-electron chi connectivity index (χ3n) is 4.73. The van der Waals surface area contributed by atoms with Crippen LogP contribution in [0, 0.1) is 29.1 Å². The number of nitrogens with two attached hydrogens (primary N) is 1. The molecule has 3 aliphatic carbocycles. The van der Waals surface area contributed by atoms with Crippen LogP contribution in [0.25, 0.3) is 0 Å². The number of hydrogen-bond acceptors (Lipinski definition) is 1. The Kier molecular flexibility index (Phi) is 1.59. The molecule has 3 fully saturated rings. The lowest BCUT2D eigenvalue weighted by atomic mass is 9.36. The second kappa shape index (κ2) is 2.28.